The zero-order valence-electron chi connectivity index (χ0n) is 19.8. The maximum absolute atomic E-state index is 13.5. The number of hydrogen-bond acceptors (Lipinski definition) is 5. The number of rotatable bonds is 6. The molecule has 2 aromatic carbocycles. The van der Waals surface area contributed by atoms with Crippen molar-refractivity contribution in [2.75, 3.05) is 19.7 Å². The fourth-order valence-corrected chi connectivity index (χ4v) is 4.64. The summed E-state index contributed by atoms with van der Waals surface area (Å²) < 4.78 is 5.27. The topological polar surface area (TPSA) is 62.2 Å². The Morgan fingerprint density at radius 2 is 1.67 bits per heavy atom. The van der Waals surface area contributed by atoms with Crippen LogP contribution in [0.4, 0.5) is 0 Å². The lowest BCUT2D eigenvalue weighted by atomic mass is 9.97. The van der Waals surface area contributed by atoms with Crippen LogP contribution < -0.4 is 0 Å². The van der Waals surface area contributed by atoms with Crippen molar-refractivity contribution >= 4 is 17.6 Å². The van der Waals surface area contributed by atoms with Gasteiger partial charge in [0, 0.05) is 6.42 Å². The van der Waals surface area contributed by atoms with Crippen LogP contribution in [0.2, 0.25) is 0 Å². The van der Waals surface area contributed by atoms with Gasteiger partial charge in [-0.2, -0.15) is 5.10 Å². The summed E-state index contributed by atoms with van der Waals surface area (Å²) in [6.07, 6.45) is 3.34. The van der Waals surface area contributed by atoms with Crippen LogP contribution in [0.1, 0.15) is 60.9 Å². The zero-order chi connectivity index (χ0) is 23.4. The summed E-state index contributed by atoms with van der Waals surface area (Å²) in [6, 6.07) is 16.1. The summed E-state index contributed by atoms with van der Waals surface area (Å²) in [7, 11) is 0. The lowest BCUT2D eigenvalue weighted by Crippen LogP contribution is -2.49. The number of hydrogen-bond donors (Lipinski definition) is 0. The first-order chi connectivity index (χ1) is 16.0. The maximum atomic E-state index is 13.5. The van der Waals surface area contributed by atoms with E-state index in [0.717, 1.165) is 36.1 Å². The van der Waals surface area contributed by atoms with E-state index in [9.17, 15) is 9.59 Å². The molecule has 0 aliphatic carbocycles. The van der Waals surface area contributed by atoms with E-state index < -0.39 is 0 Å². The van der Waals surface area contributed by atoms with Crippen LogP contribution in [0.5, 0.6) is 0 Å². The Labute approximate surface area is 196 Å². The number of nitrogens with zero attached hydrogens (tertiary/aromatic N) is 3. The Bertz CT molecular complexity index is 1010. The Morgan fingerprint density at radius 1 is 1.00 bits per heavy atom. The molecule has 4 rings (SSSR count). The number of likely N-dealkylation sites (tertiary alicyclic amines) is 1. The fourth-order valence-electron chi connectivity index (χ4n) is 4.64. The Balaban J connectivity index is 1.59. The molecular formula is C27H33N3O3. The number of hydrazone groups is 1. The molecule has 0 unspecified atom stereocenters. The molecule has 2 heterocycles. The van der Waals surface area contributed by atoms with Crippen molar-refractivity contribution in [3.8, 4) is 0 Å². The van der Waals surface area contributed by atoms with Gasteiger partial charge in [0.05, 0.1) is 24.9 Å². The van der Waals surface area contributed by atoms with E-state index in [4.69, 9.17) is 9.84 Å². The van der Waals surface area contributed by atoms with Crippen molar-refractivity contribution in [2.24, 2.45) is 5.10 Å². The number of ether oxygens (including phenoxy) is 1. The van der Waals surface area contributed by atoms with E-state index in [2.05, 4.69) is 62.4 Å². The van der Waals surface area contributed by atoms with Gasteiger partial charge >= 0.3 is 5.97 Å². The van der Waals surface area contributed by atoms with Crippen LogP contribution in [-0.2, 0) is 14.3 Å². The molecular weight excluding hydrogens is 414 g/mol. The molecule has 174 valence electrons. The Morgan fingerprint density at radius 3 is 2.33 bits per heavy atom. The van der Waals surface area contributed by atoms with Gasteiger partial charge in [0.15, 0.2) is 0 Å². The van der Waals surface area contributed by atoms with E-state index >= 15 is 0 Å². The number of benzene rings is 2. The van der Waals surface area contributed by atoms with Gasteiger partial charge in [0.25, 0.3) is 5.91 Å². The van der Waals surface area contributed by atoms with Crippen LogP contribution in [0.3, 0.4) is 0 Å². The van der Waals surface area contributed by atoms with Crippen molar-refractivity contribution in [2.45, 2.75) is 58.5 Å². The Kier molecular flexibility index (Phi) is 7.23. The summed E-state index contributed by atoms with van der Waals surface area (Å²) in [5.74, 6) is -0.316. The molecule has 0 spiro atoms. The lowest BCUT2D eigenvalue weighted by Gasteiger charge is -2.34. The zero-order valence-corrected chi connectivity index (χ0v) is 19.8. The summed E-state index contributed by atoms with van der Waals surface area (Å²) >= 11 is 0. The quantitative estimate of drug-likeness (QED) is 0.616. The summed E-state index contributed by atoms with van der Waals surface area (Å²) in [6.45, 7) is 7.16. The number of amides is 1. The molecule has 0 saturated carbocycles. The van der Waals surface area contributed by atoms with Crippen molar-refractivity contribution in [3.63, 3.8) is 0 Å². The first-order valence-electron chi connectivity index (χ1n) is 11.9. The second-order valence-electron chi connectivity index (χ2n) is 9.02. The number of aryl methyl sites for hydroxylation is 2. The minimum Gasteiger partial charge on any atom is -0.465 e. The highest BCUT2D eigenvalue weighted by Gasteiger charge is 2.37. The monoisotopic (exact) mass is 447 g/mol. The number of carbonyl (C=O) groups excluding carboxylic acids is 2. The first kappa shape index (κ1) is 23.2. The van der Waals surface area contributed by atoms with Gasteiger partial charge in [0.1, 0.15) is 6.04 Å². The van der Waals surface area contributed by atoms with Gasteiger partial charge in [-0.25, -0.2) is 5.01 Å². The van der Waals surface area contributed by atoms with Crippen molar-refractivity contribution < 1.29 is 14.3 Å². The standard InChI is InChI=1S/C27H33N3O3/c1-4-33-27(32)24-7-5-6-16-29(24)18-26(31)30-25(22-14-10-20(3)11-15-22)17-23(28-30)21-12-8-19(2)9-13-21/h8-15,24-25H,4-7,16-18H2,1-3H3/t24-,25+/m1/s1. The first-order valence-corrected chi connectivity index (χ1v) is 11.9. The van der Waals surface area contributed by atoms with E-state index in [1.807, 2.05) is 11.8 Å². The minimum atomic E-state index is -0.358. The highest BCUT2D eigenvalue weighted by atomic mass is 16.5. The van der Waals surface area contributed by atoms with Crippen molar-refractivity contribution in [3.05, 3.63) is 70.8 Å². The third-order valence-corrected chi connectivity index (χ3v) is 6.52. The molecule has 0 bridgehead atoms. The number of esters is 1. The molecule has 2 aliphatic heterocycles. The molecule has 0 radical (unpaired) electrons. The third kappa shape index (κ3) is 5.33. The van der Waals surface area contributed by atoms with Crippen LogP contribution in [0, 0.1) is 13.8 Å². The minimum absolute atomic E-state index is 0.0844. The van der Waals surface area contributed by atoms with Gasteiger partial charge in [-0.05, 0) is 51.3 Å². The summed E-state index contributed by atoms with van der Waals surface area (Å²) in [5.41, 5.74) is 5.39. The summed E-state index contributed by atoms with van der Waals surface area (Å²) in [5, 5.41) is 6.43. The van der Waals surface area contributed by atoms with Crippen molar-refractivity contribution in [1.29, 1.82) is 0 Å². The van der Waals surface area contributed by atoms with Crippen LogP contribution >= 0.6 is 0 Å². The normalized spacial score (nSPS) is 21.1. The third-order valence-electron chi connectivity index (χ3n) is 6.52. The molecule has 0 N–H and O–H groups in total. The molecule has 2 aromatic rings. The number of carbonyl (C=O) groups is 2. The van der Waals surface area contributed by atoms with E-state index in [1.165, 1.54) is 11.1 Å². The largest absolute Gasteiger partial charge is 0.465 e. The van der Waals surface area contributed by atoms with Crippen LogP contribution in [0.25, 0.3) is 0 Å². The smallest absolute Gasteiger partial charge is 0.323 e. The highest BCUT2D eigenvalue weighted by molar-refractivity contribution is 6.03. The Hall–Kier alpha value is -2.99. The second-order valence-corrected chi connectivity index (χ2v) is 9.02. The van der Waals surface area contributed by atoms with Gasteiger partial charge in [0.2, 0.25) is 0 Å². The highest BCUT2D eigenvalue weighted by Crippen LogP contribution is 2.33. The van der Waals surface area contributed by atoms with Gasteiger partial charge in [-0.1, -0.05) is 66.1 Å². The van der Waals surface area contributed by atoms with Crippen molar-refractivity contribution in [1.82, 2.24) is 9.91 Å². The van der Waals surface area contributed by atoms with E-state index in [1.54, 1.807) is 5.01 Å². The maximum Gasteiger partial charge on any atom is 0.323 e. The second kappa shape index (κ2) is 10.3. The van der Waals surface area contributed by atoms with E-state index in [0.29, 0.717) is 19.6 Å². The molecule has 1 amide bonds. The average Bonchev–Trinajstić information content (AvgIpc) is 3.26. The molecule has 6 heteroatoms. The fraction of sp³-hybridized carbons (Fsp3) is 0.444. The lowest BCUT2D eigenvalue weighted by molar-refractivity contribution is -0.152. The van der Waals surface area contributed by atoms with E-state index in [-0.39, 0.29) is 30.5 Å². The predicted octanol–water partition coefficient (Wildman–Crippen LogP) is 4.40. The molecule has 33 heavy (non-hydrogen) atoms. The molecule has 0 aromatic heterocycles. The predicted molar refractivity (Wildman–Crippen MR) is 129 cm³/mol. The molecule has 6 nitrogen and oxygen atoms in total. The van der Waals surface area contributed by atoms with Gasteiger partial charge < -0.3 is 4.74 Å². The van der Waals surface area contributed by atoms with Crippen LogP contribution in [0.15, 0.2) is 53.6 Å². The molecule has 2 aliphatic rings. The summed E-state index contributed by atoms with van der Waals surface area (Å²) in [4.78, 5) is 28.0. The van der Waals surface area contributed by atoms with Crippen LogP contribution in [-0.4, -0.2) is 53.2 Å². The average molecular weight is 448 g/mol. The van der Waals surface area contributed by atoms with Gasteiger partial charge in [-0.15, -0.1) is 0 Å². The SMILES string of the molecule is CCOC(=O)[C@H]1CCCCN1CC(=O)N1N=C(c2ccc(C)cc2)C[C@H]1c1ccc(C)cc1. The molecule has 2 atom stereocenters. The van der Waals surface area contributed by atoms with Gasteiger partial charge in [-0.3, -0.25) is 14.5 Å². The molecule has 1 saturated heterocycles. The number of piperidine rings is 1. The molecule has 1 fully saturated rings.